The van der Waals surface area contributed by atoms with Crippen molar-refractivity contribution in [2.75, 3.05) is 31.1 Å². The van der Waals surface area contributed by atoms with E-state index in [4.69, 9.17) is 0 Å². The van der Waals surface area contributed by atoms with E-state index < -0.39 is 5.82 Å². The summed E-state index contributed by atoms with van der Waals surface area (Å²) in [6, 6.07) is 11.9. The van der Waals surface area contributed by atoms with E-state index in [1.54, 1.807) is 23.2 Å². The molecule has 7 heteroatoms. The Morgan fingerprint density at radius 1 is 1.00 bits per heavy atom. The molecule has 4 rings (SSSR count). The number of carbonyl (C=O) groups excluding carboxylic acids is 1. The van der Waals surface area contributed by atoms with Crippen molar-refractivity contribution in [1.29, 1.82) is 0 Å². The molecule has 0 aliphatic carbocycles. The second-order valence-corrected chi connectivity index (χ2v) is 6.88. The van der Waals surface area contributed by atoms with Crippen LogP contribution in [0.5, 0.6) is 0 Å². The summed E-state index contributed by atoms with van der Waals surface area (Å²) in [7, 11) is 0. The van der Waals surface area contributed by atoms with Crippen LogP contribution in [0.25, 0.3) is 5.82 Å². The van der Waals surface area contributed by atoms with Gasteiger partial charge in [-0.3, -0.25) is 4.79 Å². The molecule has 0 unspecified atom stereocenters. The minimum Gasteiger partial charge on any atom is -0.365 e. The van der Waals surface area contributed by atoms with E-state index in [1.807, 2.05) is 36.7 Å². The topological polar surface area (TPSA) is 54.3 Å². The third-order valence-electron chi connectivity index (χ3n) is 5.11. The van der Waals surface area contributed by atoms with Gasteiger partial charge in [0.1, 0.15) is 5.82 Å². The zero-order valence-corrected chi connectivity index (χ0v) is 16.0. The zero-order chi connectivity index (χ0) is 19.7. The van der Waals surface area contributed by atoms with Gasteiger partial charge in [0.2, 0.25) is 0 Å². The molecule has 0 atom stereocenters. The summed E-state index contributed by atoms with van der Waals surface area (Å²) in [5.74, 6) is 0.0522. The van der Waals surface area contributed by atoms with E-state index >= 15 is 0 Å². The molecule has 3 aromatic rings. The molecule has 0 radical (unpaired) electrons. The number of anilines is 1. The Bertz CT molecular complexity index is 993. The SMILES string of the molecule is Cc1nn(-c2ccccn2)c(C)c1N1CCN(C(=O)c2ccccc2F)CC1. The number of nitrogens with zero attached hydrogens (tertiary/aromatic N) is 5. The number of pyridine rings is 1. The molecule has 144 valence electrons. The number of hydrogen-bond donors (Lipinski definition) is 0. The van der Waals surface area contributed by atoms with Crippen LogP contribution in [0, 0.1) is 19.7 Å². The molecule has 1 fully saturated rings. The first kappa shape index (κ1) is 18.2. The van der Waals surface area contributed by atoms with Gasteiger partial charge >= 0.3 is 0 Å². The molecule has 2 aromatic heterocycles. The Labute approximate surface area is 163 Å². The van der Waals surface area contributed by atoms with Gasteiger partial charge in [-0.25, -0.2) is 14.1 Å². The standard InChI is InChI=1S/C21H22FN5O/c1-15-20(16(2)27(24-15)19-9-5-6-10-23-19)25-11-13-26(14-12-25)21(28)17-7-3-4-8-18(17)22/h3-10H,11-14H2,1-2H3. The van der Waals surface area contributed by atoms with E-state index in [9.17, 15) is 9.18 Å². The van der Waals surface area contributed by atoms with Crippen molar-refractivity contribution in [3.63, 3.8) is 0 Å². The molecule has 28 heavy (non-hydrogen) atoms. The Balaban J connectivity index is 1.51. The van der Waals surface area contributed by atoms with Crippen molar-refractivity contribution >= 4 is 11.6 Å². The van der Waals surface area contributed by atoms with Gasteiger partial charge in [0.05, 0.1) is 22.6 Å². The molecule has 0 bridgehead atoms. The number of amides is 1. The predicted octanol–water partition coefficient (Wildman–Crippen LogP) is 2.99. The normalized spacial score (nSPS) is 14.4. The van der Waals surface area contributed by atoms with Crippen LogP contribution < -0.4 is 4.90 Å². The fourth-order valence-corrected chi connectivity index (χ4v) is 3.73. The van der Waals surface area contributed by atoms with Crippen LogP contribution in [0.3, 0.4) is 0 Å². The summed E-state index contributed by atoms with van der Waals surface area (Å²) >= 11 is 0. The molecule has 1 saturated heterocycles. The number of carbonyl (C=O) groups is 1. The third kappa shape index (κ3) is 3.24. The maximum absolute atomic E-state index is 13.9. The Morgan fingerprint density at radius 3 is 2.39 bits per heavy atom. The number of aromatic nitrogens is 3. The van der Waals surface area contributed by atoms with Gasteiger partial charge in [-0.05, 0) is 38.1 Å². The quantitative estimate of drug-likeness (QED) is 0.702. The lowest BCUT2D eigenvalue weighted by Crippen LogP contribution is -2.49. The van der Waals surface area contributed by atoms with Gasteiger partial charge in [-0.2, -0.15) is 5.10 Å². The van der Waals surface area contributed by atoms with Crippen LogP contribution in [0.1, 0.15) is 21.7 Å². The first-order chi connectivity index (χ1) is 13.6. The smallest absolute Gasteiger partial charge is 0.256 e. The van der Waals surface area contributed by atoms with Crippen molar-refractivity contribution in [3.05, 3.63) is 71.4 Å². The summed E-state index contributed by atoms with van der Waals surface area (Å²) in [4.78, 5) is 21.0. The number of rotatable bonds is 3. The fourth-order valence-electron chi connectivity index (χ4n) is 3.73. The van der Waals surface area contributed by atoms with Crippen molar-refractivity contribution in [2.45, 2.75) is 13.8 Å². The van der Waals surface area contributed by atoms with Gasteiger partial charge in [-0.1, -0.05) is 18.2 Å². The van der Waals surface area contributed by atoms with E-state index in [0.717, 1.165) is 22.9 Å². The highest BCUT2D eigenvalue weighted by Crippen LogP contribution is 2.27. The summed E-state index contributed by atoms with van der Waals surface area (Å²) in [5.41, 5.74) is 3.15. The largest absolute Gasteiger partial charge is 0.365 e. The van der Waals surface area contributed by atoms with Crippen molar-refractivity contribution in [2.24, 2.45) is 0 Å². The molecule has 0 N–H and O–H groups in total. The molecule has 6 nitrogen and oxygen atoms in total. The second-order valence-electron chi connectivity index (χ2n) is 6.88. The number of halogens is 1. The Morgan fingerprint density at radius 2 is 1.71 bits per heavy atom. The van der Waals surface area contributed by atoms with E-state index in [2.05, 4.69) is 15.0 Å². The van der Waals surface area contributed by atoms with Crippen molar-refractivity contribution in [1.82, 2.24) is 19.7 Å². The van der Waals surface area contributed by atoms with Crippen LogP contribution in [0.15, 0.2) is 48.7 Å². The third-order valence-corrected chi connectivity index (χ3v) is 5.11. The molecule has 3 heterocycles. The van der Waals surface area contributed by atoms with Crippen LogP contribution in [-0.4, -0.2) is 51.8 Å². The average molecular weight is 379 g/mol. The Hall–Kier alpha value is -3.22. The zero-order valence-electron chi connectivity index (χ0n) is 16.0. The van der Waals surface area contributed by atoms with Crippen LogP contribution >= 0.6 is 0 Å². The Kier molecular flexibility index (Phi) is 4.81. The molecular formula is C21H22FN5O. The number of benzene rings is 1. The summed E-state index contributed by atoms with van der Waals surface area (Å²) in [6.45, 7) is 6.45. The predicted molar refractivity (Wildman–Crippen MR) is 105 cm³/mol. The second kappa shape index (κ2) is 7.42. The van der Waals surface area contributed by atoms with Crippen LogP contribution in [0.2, 0.25) is 0 Å². The van der Waals surface area contributed by atoms with Gasteiger partial charge < -0.3 is 9.80 Å². The fraction of sp³-hybridized carbons (Fsp3) is 0.286. The van der Waals surface area contributed by atoms with Crippen LogP contribution in [-0.2, 0) is 0 Å². The van der Waals surface area contributed by atoms with E-state index in [-0.39, 0.29) is 11.5 Å². The molecule has 1 amide bonds. The molecule has 1 aliphatic heterocycles. The summed E-state index contributed by atoms with van der Waals surface area (Å²) in [5, 5.41) is 4.65. The summed E-state index contributed by atoms with van der Waals surface area (Å²) < 4.78 is 15.8. The van der Waals surface area contributed by atoms with Crippen molar-refractivity contribution in [3.8, 4) is 5.82 Å². The number of aryl methyl sites for hydroxylation is 1. The molecule has 1 aromatic carbocycles. The lowest BCUT2D eigenvalue weighted by molar-refractivity contribution is 0.0742. The first-order valence-corrected chi connectivity index (χ1v) is 9.32. The van der Waals surface area contributed by atoms with Gasteiger partial charge in [0.15, 0.2) is 5.82 Å². The maximum atomic E-state index is 13.9. The molecular weight excluding hydrogens is 357 g/mol. The van der Waals surface area contributed by atoms with Gasteiger partial charge in [-0.15, -0.1) is 0 Å². The van der Waals surface area contributed by atoms with Crippen molar-refractivity contribution < 1.29 is 9.18 Å². The monoisotopic (exact) mass is 379 g/mol. The minimum atomic E-state index is -0.474. The highest BCUT2D eigenvalue weighted by molar-refractivity contribution is 5.94. The van der Waals surface area contributed by atoms with Crippen LogP contribution in [0.4, 0.5) is 10.1 Å². The molecule has 0 spiro atoms. The maximum Gasteiger partial charge on any atom is 0.256 e. The van der Waals surface area contributed by atoms with Gasteiger partial charge in [0, 0.05) is 32.4 Å². The summed E-state index contributed by atoms with van der Waals surface area (Å²) in [6.07, 6.45) is 1.75. The lowest BCUT2D eigenvalue weighted by atomic mass is 10.1. The minimum absolute atomic E-state index is 0.131. The van der Waals surface area contributed by atoms with E-state index in [0.29, 0.717) is 26.2 Å². The highest BCUT2D eigenvalue weighted by Gasteiger charge is 2.27. The first-order valence-electron chi connectivity index (χ1n) is 9.32. The average Bonchev–Trinajstić information content (AvgIpc) is 3.03. The molecule has 1 aliphatic rings. The van der Waals surface area contributed by atoms with Gasteiger partial charge in [0.25, 0.3) is 5.91 Å². The lowest BCUT2D eigenvalue weighted by Gasteiger charge is -2.36. The number of hydrogen-bond acceptors (Lipinski definition) is 4. The van der Waals surface area contributed by atoms with E-state index in [1.165, 1.54) is 12.1 Å². The number of piperazine rings is 1. The molecule has 0 saturated carbocycles. The highest BCUT2D eigenvalue weighted by atomic mass is 19.1.